The van der Waals surface area contributed by atoms with E-state index in [2.05, 4.69) is 10.6 Å². The Kier molecular flexibility index (Phi) is 8.48. The lowest BCUT2D eigenvalue weighted by molar-refractivity contribution is -0.384. The van der Waals surface area contributed by atoms with E-state index in [1.54, 1.807) is 12.1 Å². The third kappa shape index (κ3) is 6.73. The molecule has 106 valence electrons. The summed E-state index contributed by atoms with van der Waals surface area (Å²) in [7, 11) is 1.85. The molecular formula is C12H18ClN3O3. The number of amides is 1. The van der Waals surface area contributed by atoms with Gasteiger partial charge in [-0.05, 0) is 25.6 Å². The molecule has 0 heterocycles. The number of halogens is 1. The molecule has 0 spiro atoms. The predicted molar refractivity (Wildman–Crippen MR) is 75.6 cm³/mol. The maximum absolute atomic E-state index is 11.6. The van der Waals surface area contributed by atoms with E-state index in [4.69, 9.17) is 0 Å². The van der Waals surface area contributed by atoms with Crippen LogP contribution in [-0.2, 0) is 11.2 Å². The molecule has 1 amide bonds. The molecule has 6 nitrogen and oxygen atoms in total. The number of carbonyl (C=O) groups is 1. The van der Waals surface area contributed by atoms with Crippen molar-refractivity contribution in [2.24, 2.45) is 0 Å². The molecule has 0 fully saturated rings. The number of carbonyl (C=O) groups excluding carboxylic acids is 1. The van der Waals surface area contributed by atoms with Gasteiger partial charge in [-0.15, -0.1) is 12.4 Å². The first-order valence-corrected chi connectivity index (χ1v) is 5.78. The molecule has 1 aromatic carbocycles. The zero-order valence-corrected chi connectivity index (χ0v) is 11.5. The van der Waals surface area contributed by atoms with Crippen molar-refractivity contribution in [3.63, 3.8) is 0 Å². The van der Waals surface area contributed by atoms with E-state index in [9.17, 15) is 14.9 Å². The van der Waals surface area contributed by atoms with Gasteiger partial charge in [-0.1, -0.05) is 12.1 Å². The molecule has 0 atom stereocenters. The number of rotatable bonds is 7. The van der Waals surface area contributed by atoms with Gasteiger partial charge in [0, 0.05) is 18.7 Å². The fraction of sp³-hybridized carbons (Fsp3) is 0.417. The van der Waals surface area contributed by atoms with Gasteiger partial charge in [-0.25, -0.2) is 0 Å². The highest BCUT2D eigenvalue weighted by atomic mass is 35.5. The highest BCUT2D eigenvalue weighted by Crippen LogP contribution is 2.13. The highest BCUT2D eigenvalue weighted by Gasteiger charge is 2.08. The Balaban J connectivity index is 0.00000324. The van der Waals surface area contributed by atoms with Gasteiger partial charge in [-0.3, -0.25) is 14.9 Å². The Morgan fingerprint density at radius 3 is 2.74 bits per heavy atom. The summed E-state index contributed by atoms with van der Waals surface area (Å²) in [6.45, 7) is 1.45. The Bertz CT molecular complexity index is 426. The quantitative estimate of drug-likeness (QED) is 0.449. The molecule has 0 aliphatic carbocycles. The van der Waals surface area contributed by atoms with Crippen LogP contribution in [0.15, 0.2) is 24.3 Å². The van der Waals surface area contributed by atoms with Gasteiger partial charge in [-0.2, -0.15) is 0 Å². The molecule has 0 unspecified atom stereocenters. The van der Waals surface area contributed by atoms with Crippen LogP contribution in [0, 0.1) is 10.1 Å². The smallest absolute Gasteiger partial charge is 0.269 e. The minimum Gasteiger partial charge on any atom is -0.356 e. The van der Waals surface area contributed by atoms with Crippen LogP contribution in [0.25, 0.3) is 0 Å². The van der Waals surface area contributed by atoms with E-state index < -0.39 is 4.92 Å². The van der Waals surface area contributed by atoms with E-state index in [0.29, 0.717) is 12.1 Å². The first-order chi connectivity index (χ1) is 8.63. The van der Waals surface area contributed by atoms with Crippen LogP contribution in [0.5, 0.6) is 0 Å². The summed E-state index contributed by atoms with van der Waals surface area (Å²) in [6.07, 6.45) is 1.03. The highest BCUT2D eigenvalue weighted by molar-refractivity contribution is 5.85. The number of hydrogen-bond donors (Lipinski definition) is 2. The zero-order valence-electron chi connectivity index (χ0n) is 10.7. The van der Waals surface area contributed by atoms with Crippen molar-refractivity contribution in [1.29, 1.82) is 0 Å². The molecule has 0 aromatic heterocycles. The normalized spacial score (nSPS) is 9.53. The summed E-state index contributed by atoms with van der Waals surface area (Å²) in [5, 5.41) is 16.3. The van der Waals surface area contributed by atoms with Crippen LogP contribution in [0.4, 0.5) is 5.69 Å². The zero-order chi connectivity index (χ0) is 13.4. The van der Waals surface area contributed by atoms with Crippen molar-refractivity contribution in [3.05, 3.63) is 39.9 Å². The third-order valence-corrected chi connectivity index (χ3v) is 2.41. The van der Waals surface area contributed by atoms with Crippen molar-refractivity contribution >= 4 is 24.0 Å². The number of nitro groups is 1. The SMILES string of the molecule is CNCCCNC(=O)Cc1cccc([N+](=O)[O-])c1.Cl. The lowest BCUT2D eigenvalue weighted by atomic mass is 10.1. The Hall–Kier alpha value is -1.66. The molecule has 0 bridgehead atoms. The van der Waals surface area contributed by atoms with Gasteiger partial charge in [0.05, 0.1) is 11.3 Å². The van der Waals surface area contributed by atoms with Crippen molar-refractivity contribution in [2.75, 3.05) is 20.1 Å². The van der Waals surface area contributed by atoms with Crippen LogP contribution < -0.4 is 10.6 Å². The minimum absolute atomic E-state index is 0. The number of nitrogens with zero attached hydrogens (tertiary/aromatic N) is 1. The number of nitrogens with one attached hydrogen (secondary N) is 2. The number of non-ortho nitro benzene ring substituents is 1. The standard InChI is InChI=1S/C12H17N3O3.ClH/c1-13-6-3-7-14-12(16)9-10-4-2-5-11(8-10)15(17)18;/h2,4-5,8,13H,3,6-7,9H2,1H3,(H,14,16);1H. The van der Waals surface area contributed by atoms with Crippen molar-refractivity contribution in [2.45, 2.75) is 12.8 Å². The monoisotopic (exact) mass is 287 g/mol. The molecule has 0 radical (unpaired) electrons. The van der Waals surface area contributed by atoms with Crippen molar-refractivity contribution in [1.82, 2.24) is 10.6 Å². The second-order valence-electron chi connectivity index (χ2n) is 3.91. The Morgan fingerprint density at radius 2 is 2.11 bits per heavy atom. The van der Waals surface area contributed by atoms with Crippen molar-refractivity contribution < 1.29 is 9.72 Å². The Morgan fingerprint density at radius 1 is 1.37 bits per heavy atom. The molecule has 1 aromatic rings. The van der Waals surface area contributed by atoms with Gasteiger partial charge >= 0.3 is 0 Å². The maximum atomic E-state index is 11.6. The lowest BCUT2D eigenvalue weighted by Crippen LogP contribution is -2.27. The molecule has 0 saturated carbocycles. The number of benzene rings is 1. The maximum Gasteiger partial charge on any atom is 0.269 e. The first kappa shape index (κ1) is 17.3. The molecule has 0 aliphatic rings. The summed E-state index contributed by atoms with van der Waals surface area (Å²) in [5.41, 5.74) is 0.658. The summed E-state index contributed by atoms with van der Waals surface area (Å²) in [6, 6.07) is 6.13. The topological polar surface area (TPSA) is 84.3 Å². The molecule has 2 N–H and O–H groups in total. The van der Waals surface area contributed by atoms with E-state index in [-0.39, 0.29) is 30.4 Å². The molecule has 19 heavy (non-hydrogen) atoms. The molecule has 7 heteroatoms. The van der Waals surface area contributed by atoms with Gasteiger partial charge < -0.3 is 10.6 Å². The molecule has 1 rings (SSSR count). The van der Waals surface area contributed by atoms with Crippen LogP contribution >= 0.6 is 12.4 Å². The van der Waals surface area contributed by atoms with E-state index in [1.165, 1.54) is 12.1 Å². The Labute approximate surface area is 118 Å². The minimum atomic E-state index is -0.464. The second-order valence-corrected chi connectivity index (χ2v) is 3.91. The van der Waals surface area contributed by atoms with E-state index >= 15 is 0 Å². The van der Waals surface area contributed by atoms with Gasteiger partial charge in [0.2, 0.25) is 5.91 Å². The second kappa shape index (κ2) is 9.29. The average molecular weight is 288 g/mol. The third-order valence-electron chi connectivity index (χ3n) is 2.41. The van der Waals surface area contributed by atoms with Crippen molar-refractivity contribution in [3.8, 4) is 0 Å². The number of hydrogen-bond acceptors (Lipinski definition) is 4. The first-order valence-electron chi connectivity index (χ1n) is 5.78. The summed E-state index contributed by atoms with van der Waals surface area (Å²) >= 11 is 0. The average Bonchev–Trinajstić information content (AvgIpc) is 2.35. The lowest BCUT2D eigenvalue weighted by Gasteiger charge is -2.05. The van der Waals surface area contributed by atoms with Crippen LogP contribution in [-0.4, -0.2) is 31.0 Å². The predicted octanol–water partition coefficient (Wildman–Crippen LogP) is 1.28. The summed E-state index contributed by atoms with van der Waals surface area (Å²) in [4.78, 5) is 21.7. The fourth-order valence-corrected chi connectivity index (χ4v) is 1.52. The van der Waals surface area contributed by atoms with Crippen LogP contribution in [0.2, 0.25) is 0 Å². The molecule has 0 saturated heterocycles. The van der Waals surface area contributed by atoms with Gasteiger partial charge in [0.15, 0.2) is 0 Å². The molecule has 0 aliphatic heterocycles. The molecular weight excluding hydrogens is 270 g/mol. The van der Waals surface area contributed by atoms with E-state index in [1.807, 2.05) is 7.05 Å². The summed E-state index contributed by atoms with van der Waals surface area (Å²) in [5.74, 6) is -0.119. The summed E-state index contributed by atoms with van der Waals surface area (Å²) < 4.78 is 0. The number of nitro benzene ring substituents is 1. The van der Waals surface area contributed by atoms with Gasteiger partial charge in [0.25, 0.3) is 5.69 Å². The van der Waals surface area contributed by atoms with Gasteiger partial charge in [0.1, 0.15) is 0 Å². The van der Waals surface area contributed by atoms with Crippen LogP contribution in [0.1, 0.15) is 12.0 Å². The largest absolute Gasteiger partial charge is 0.356 e. The van der Waals surface area contributed by atoms with E-state index in [0.717, 1.165) is 13.0 Å². The fourth-order valence-electron chi connectivity index (χ4n) is 1.52. The van der Waals surface area contributed by atoms with Crippen LogP contribution in [0.3, 0.4) is 0 Å².